The molecule has 114 valence electrons. The third-order valence-corrected chi connectivity index (χ3v) is 8.65. The van der Waals surface area contributed by atoms with Gasteiger partial charge in [0.25, 0.3) is 0 Å². The van der Waals surface area contributed by atoms with Crippen molar-refractivity contribution in [2.45, 2.75) is 61.0 Å². The summed E-state index contributed by atoms with van der Waals surface area (Å²) in [6.45, 7) is 0.724. The van der Waals surface area contributed by atoms with E-state index in [0.29, 0.717) is 18.1 Å². The third-order valence-electron chi connectivity index (χ3n) is 5.25. The van der Waals surface area contributed by atoms with Crippen molar-refractivity contribution in [2.24, 2.45) is 0 Å². The predicted molar refractivity (Wildman–Crippen MR) is 81.6 cm³/mol. The quantitative estimate of drug-likeness (QED) is 0.780. The number of rotatable bonds is 2. The summed E-state index contributed by atoms with van der Waals surface area (Å²) < 4.78 is 23.2. The molecule has 0 aromatic carbocycles. The molecule has 3 aliphatic rings. The van der Waals surface area contributed by atoms with Crippen LogP contribution in [0.4, 0.5) is 0 Å². The van der Waals surface area contributed by atoms with Gasteiger partial charge in [0, 0.05) is 29.8 Å². The van der Waals surface area contributed by atoms with Crippen molar-refractivity contribution in [3.63, 3.8) is 0 Å². The number of hydrogen-bond acceptors (Lipinski definition) is 4. The van der Waals surface area contributed by atoms with Crippen molar-refractivity contribution in [3.05, 3.63) is 0 Å². The van der Waals surface area contributed by atoms with E-state index in [0.717, 1.165) is 31.6 Å². The molecule has 4 nitrogen and oxygen atoms in total. The van der Waals surface area contributed by atoms with Crippen LogP contribution >= 0.6 is 11.8 Å². The molecule has 3 rings (SSSR count). The largest absolute Gasteiger partial charge is 0.336 e. The number of amides is 1. The van der Waals surface area contributed by atoms with Crippen molar-refractivity contribution in [2.75, 3.05) is 18.6 Å². The maximum absolute atomic E-state index is 12.9. The van der Waals surface area contributed by atoms with Gasteiger partial charge in [0.1, 0.15) is 0 Å². The van der Waals surface area contributed by atoms with E-state index >= 15 is 0 Å². The Morgan fingerprint density at radius 2 is 1.90 bits per heavy atom. The average molecular weight is 317 g/mol. The first kappa shape index (κ1) is 14.7. The average Bonchev–Trinajstić information content (AvgIpc) is 2.34. The standard InChI is InChI=1S/C14H23NO3S2/c1-20(17,18)14(7-4-8-14)13(16)15-9-10-19-12-6-3-2-5-11(12)15/h11-12H,2-10H2,1H3. The highest BCUT2D eigenvalue weighted by molar-refractivity contribution is 8.00. The van der Waals surface area contributed by atoms with Gasteiger partial charge in [0.15, 0.2) is 14.6 Å². The second-order valence-electron chi connectivity index (χ2n) is 6.38. The van der Waals surface area contributed by atoms with Crippen LogP contribution in [0.3, 0.4) is 0 Å². The number of thioether (sulfide) groups is 1. The zero-order valence-electron chi connectivity index (χ0n) is 12.0. The van der Waals surface area contributed by atoms with Crippen molar-refractivity contribution < 1.29 is 13.2 Å². The topological polar surface area (TPSA) is 54.5 Å². The van der Waals surface area contributed by atoms with E-state index in [1.165, 1.54) is 19.1 Å². The number of hydrogen-bond donors (Lipinski definition) is 0. The number of nitrogens with zero attached hydrogens (tertiary/aromatic N) is 1. The lowest BCUT2D eigenvalue weighted by molar-refractivity contribution is -0.139. The Morgan fingerprint density at radius 1 is 1.20 bits per heavy atom. The minimum absolute atomic E-state index is 0.0940. The van der Waals surface area contributed by atoms with E-state index in [9.17, 15) is 13.2 Å². The molecular formula is C14H23NO3S2. The highest BCUT2D eigenvalue weighted by Gasteiger charge is 2.56. The molecule has 1 heterocycles. The van der Waals surface area contributed by atoms with E-state index in [1.807, 2.05) is 16.7 Å². The first-order valence-electron chi connectivity index (χ1n) is 7.58. The van der Waals surface area contributed by atoms with Crippen molar-refractivity contribution in [1.82, 2.24) is 4.90 Å². The number of fused-ring (bicyclic) bond motifs is 1. The lowest BCUT2D eigenvalue weighted by atomic mass is 9.82. The molecule has 20 heavy (non-hydrogen) atoms. The summed E-state index contributed by atoms with van der Waals surface area (Å²) in [6, 6.07) is 0.272. The molecule has 3 fully saturated rings. The minimum Gasteiger partial charge on any atom is -0.336 e. The van der Waals surface area contributed by atoms with Gasteiger partial charge in [-0.3, -0.25) is 4.79 Å². The summed E-state index contributed by atoms with van der Waals surface area (Å²) in [5.74, 6) is 0.857. The minimum atomic E-state index is -3.31. The van der Waals surface area contributed by atoms with E-state index in [1.54, 1.807) is 0 Å². The van der Waals surface area contributed by atoms with Crippen LogP contribution in [0.15, 0.2) is 0 Å². The molecule has 2 atom stereocenters. The molecule has 6 heteroatoms. The van der Waals surface area contributed by atoms with Crippen molar-refractivity contribution in [3.8, 4) is 0 Å². The van der Waals surface area contributed by atoms with E-state index in [4.69, 9.17) is 0 Å². The van der Waals surface area contributed by atoms with Gasteiger partial charge >= 0.3 is 0 Å². The summed E-state index contributed by atoms with van der Waals surface area (Å²) in [4.78, 5) is 14.9. The van der Waals surface area contributed by atoms with Crippen LogP contribution < -0.4 is 0 Å². The Kier molecular flexibility index (Phi) is 3.82. The van der Waals surface area contributed by atoms with Crippen LogP contribution in [0.25, 0.3) is 0 Å². The Morgan fingerprint density at radius 3 is 2.50 bits per heavy atom. The SMILES string of the molecule is CS(=O)(=O)C1(C(=O)N2CCSC3CCCCC32)CCC1. The van der Waals surface area contributed by atoms with Gasteiger partial charge in [-0.1, -0.05) is 12.8 Å². The molecule has 0 N–H and O–H groups in total. The summed E-state index contributed by atoms with van der Waals surface area (Å²) in [5.41, 5.74) is 0. The fourth-order valence-corrected chi connectivity index (χ4v) is 6.76. The first-order chi connectivity index (χ1) is 9.46. The normalized spacial score (nSPS) is 33.1. The molecule has 1 saturated heterocycles. The van der Waals surface area contributed by atoms with E-state index < -0.39 is 14.6 Å². The maximum atomic E-state index is 12.9. The summed E-state index contributed by atoms with van der Waals surface area (Å²) in [7, 11) is -3.31. The molecule has 0 radical (unpaired) electrons. The molecule has 2 aliphatic carbocycles. The lowest BCUT2D eigenvalue weighted by Crippen LogP contribution is -2.63. The van der Waals surface area contributed by atoms with Crippen LogP contribution in [-0.2, 0) is 14.6 Å². The predicted octanol–water partition coefficient (Wildman–Crippen LogP) is 1.84. The van der Waals surface area contributed by atoms with Crippen molar-refractivity contribution >= 4 is 27.5 Å². The van der Waals surface area contributed by atoms with Gasteiger partial charge in [-0.15, -0.1) is 0 Å². The zero-order valence-corrected chi connectivity index (χ0v) is 13.6. The van der Waals surface area contributed by atoms with Gasteiger partial charge < -0.3 is 4.90 Å². The van der Waals surface area contributed by atoms with Crippen LogP contribution in [0.1, 0.15) is 44.9 Å². The van der Waals surface area contributed by atoms with Crippen LogP contribution in [0.5, 0.6) is 0 Å². The molecule has 0 aromatic heterocycles. The van der Waals surface area contributed by atoms with Gasteiger partial charge in [-0.2, -0.15) is 11.8 Å². The number of carbonyl (C=O) groups excluding carboxylic acids is 1. The van der Waals surface area contributed by atoms with Gasteiger partial charge in [0.05, 0.1) is 0 Å². The second-order valence-corrected chi connectivity index (χ2v) is 10.1. The van der Waals surface area contributed by atoms with Gasteiger partial charge in [0.2, 0.25) is 5.91 Å². The maximum Gasteiger partial charge on any atom is 0.244 e. The van der Waals surface area contributed by atoms with Crippen molar-refractivity contribution in [1.29, 1.82) is 0 Å². The molecule has 2 saturated carbocycles. The number of sulfone groups is 1. The highest BCUT2D eigenvalue weighted by Crippen LogP contribution is 2.43. The Balaban J connectivity index is 1.85. The molecule has 0 spiro atoms. The van der Waals surface area contributed by atoms with E-state index in [2.05, 4.69) is 0 Å². The number of carbonyl (C=O) groups is 1. The molecular weight excluding hydrogens is 294 g/mol. The van der Waals surface area contributed by atoms with Crippen LogP contribution in [0.2, 0.25) is 0 Å². The highest BCUT2D eigenvalue weighted by atomic mass is 32.2. The van der Waals surface area contributed by atoms with Crippen LogP contribution in [-0.4, -0.2) is 53.8 Å². The molecule has 2 unspecified atom stereocenters. The fraction of sp³-hybridized carbons (Fsp3) is 0.929. The summed E-state index contributed by atoms with van der Waals surface area (Å²) >= 11 is 1.97. The molecule has 1 amide bonds. The molecule has 1 aliphatic heterocycles. The van der Waals surface area contributed by atoms with Crippen LogP contribution in [0, 0.1) is 0 Å². The smallest absolute Gasteiger partial charge is 0.244 e. The second kappa shape index (κ2) is 5.20. The Labute approximate surface area is 125 Å². The van der Waals surface area contributed by atoms with E-state index in [-0.39, 0.29) is 11.9 Å². The summed E-state index contributed by atoms with van der Waals surface area (Å²) in [6.07, 6.45) is 7.76. The third kappa shape index (κ3) is 2.19. The first-order valence-corrected chi connectivity index (χ1v) is 10.5. The summed E-state index contributed by atoms with van der Waals surface area (Å²) in [5, 5.41) is 0.526. The monoisotopic (exact) mass is 317 g/mol. The fourth-order valence-electron chi connectivity index (χ4n) is 3.85. The van der Waals surface area contributed by atoms with Gasteiger partial charge in [-0.25, -0.2) is 8.42 Å². The zero-order chi connectivity index (χ0) is 14.4. The molecule has 0 aromatic rings. The molecule has 0 bridgehead atoms. The van der Waals surface area contributed by atoms with Gasteiger partial charge in [-0.05, 0) is 32.1 Å². The Bertz CT molecular complexity index is 497. The lowest BCUT2D eigenvalue weighted by Gasteiger charge is -2.49. The Hall–Kier alpha value is -0.230.